The first kappa shape index (κ1) is 19.4. The molecule has 2 atom stereocenters. The highest BCUT2D eigenvalue weighted by Crippen LogP contribution is 2.38. The monoisotopic (exact) mass is 372 g/mol. The quantitative estimate of drug-likeness (QED) is 0.628. The van der Waals surface area contributed by atoms with Crippen LogP contribution >= 0.6 is 0 Å². The number of nitrogens with zero attached hydrogens (tertiary/aromatic N) is 1. The molecule has 1 saturated heterocycles. The maximum absolute atomic E-state index is 12.5. The van der Waals surface area contributed by atoms with Gasteiger partial charge in [0.15, 0.2) is 0 Å². The summed E-state index contributed by atoms with van der Waals surface area (Å²) in [6, 6.07) is 5.15. The summed E-state index contributed by atoms with van der Waals surface area (Å²) in [5, 5.41) is 12.7. The van der Waals surface area contributed by atoms with Gasteiger partial charge in [-0.1, -0.05) is 39.7 Å². The van der Waals surface area contributed by atoms with E-state index in [-0.39, 0.29) is 53.7 Å². The van der Waals surface area contributed by atoms with Crippen molar-refractivity contribution in [1.29, 1.82) is 0 Å². The third-order valence-corrected chi connectivity index (χ3v) is 5.63. The highest BCUT2D eigenvalue weighted by molar-refractivity contribution is 6.05. The van der Waals surface area contributed by atoms with Crippen LogP contribution in [0.1, 0.15) is 58.4 Å². The van der Waals surface area contributed by atoms with Crippen LogP contribution in [-0.2, 0) is 19.8 Å². The molecule has 3 rings (SSSR count). The highest BCUT2D eigenvalue weighted by atomic mass is 16.3. The fourth-order valence-electron chi connectivity index (χ4n) is 3.98. The number of hydrogen-bond donors (Lipinski definition) is 2. The van der Waals surface area contributed by atoms with E-state index in [0.717, 1.165) is 31.2 Å². The average Bonchev–Trinajstić information content (AvgIpc) is 2.85. The number of likely N-dealkylation sites (tertiary alicyclic amines) is 1. The number of hydrogen-bond acceptors (Lipinski definition) is 4. The van der Waals surface area contributed by atoms with Crippen LogP contribution in [0.5, 0.6) is 5.75 Å². The van der Waals surface area contributed by atoms with Crippen molar-refractivity contribution in [3.05, 3.63) is 23.8 Å². The first-order valence-electron chi connectivity index (χ1n) is 9.67. The summed E-state index contributed by atoms with van der Waals surface area (Å²) in [5.74, 6) is -0.976. The maximum atomic E-state index is 12.5. The molecule has 2 fully saturated rings. The van der Waals surface area contributed by atoms with E-state index in [4.69, 9.17) is 0 Å². The lowest BCUT2D eigenvalue weighted by Gasteiger charge is -2.20. The second-order valence-electron chi connectivity index (χ2n) is 8.61. The SMILES string of the molecule is CC(C)(C)c1ccc(O)c(NC(=O)CCN2C(=O)C3CCCCC3C2=O)c1. The summed E-state index contributed by atoms with van der Waals surface area (Å²) in [6.07, 6.45) is 3.53. The fourth-order valence-corrected chi connectivity index (χ4v) is 3.98. The third kappa shape index (κ3) is 3.99. The fraction of sp³-hybridized carbons (Fsp3) is 0.571. The maximum Gasteiger partial charge on any atom is 0.233 e. The van der Waals surface area contributed by atoms with Crippen molar-refractivity contribution in [3.63, 3.8) is 0 Å². The molecule has 0 spiro atoms. The number of aromatic hydroxyl groups is 1. The van der Waals surface area contributed by atoms with Gasteiger partial charge < -0.3 is 10.4 Å². The van der Waals surface area contributed by atoms with E-state index in [0.29, 0.717) is 5.69 Å². The molecule has 0 aromatic heterocycles. The molecule has 0 radical (unpaired) electrons. The molecule has 3 amide bonds. The number of phenolic OH excluding ortho intramolecular Hbond substituents is 1. The van der Waals surface area contributed by atoms with Crippen molar-refractivity contribution in [1.82, 2.24) is 4.90 Å². The van der Waals surface area contributed by atoms with Crippen LogP contribution in [0.4, 0.5) is 5.69 Å². The zero-order valence-electron chi connectivity index (χ0n) is 16.2. The van der Waals surface area contributed by atoms with Gasteiger partial charge in [-0.2, -0.15) is 0 Å². The Hall–Kier alpha value is -2.37. The largest absolute Gasteiger partial charge is 0.506 e. The summed E-state index contributed by atoms with van der Waals surface area (Å²) in [4.78, 5) is 38.5. The summed E-state index contributed by atoms with van der Waals surface area (Å²) < 4.78 is 0. The lowest BCUT2D eigenvalue weighted by molar-refractivity contribution is -0.140. The molecular formula is C21H28N2O4. The normalized spacial score (nSPS) is 22.7. The van der Waals surface area contributed by atoms with Gasteiger partial charge >= 0.3 is 0 Å². The van der Waals surface area contributed by atoms with E-state index in [1.807, 2.05) is 6.07 Å². The molecule has 1 aromatic carbocycles. The Labute approximate surface area is 159 Å². The molecule has 2 unspecified atom stereocenters. The van der Waals surface area contributed by atoms with Gasteiger partial charge in [0.1, 0.15) is 5.75 Å². The third-order valence-electron chi connectivity index (χ3n) is 5.63. The van der Waals surface area contributed by atoms with Gasteiger partial charge in [0.05, 0.1) is 17.5 Å². The first-order valence-corrected chi connectivity index (χ1v) is 9.67. The Morgan fingerprint density at radius 1 is 1.15 bits per heavy atom. The molecule has 6 heteroatoms. The molecule has 27 heavy (non-hydrogen) atoms. The lowest BCUT2D eigenvalue weighted by Crippen LogP contribution is -2.34. The number of amides is 3. The minimum atomic E-state index is -0.327. The van der Waals surface area contributed by atoms with E-state index in [1.165, 1.54) is 4.90 Å². The number of carbonyl (C=O) groups excluding carboxylic acids is 3. The molecule has 1 saturated carbocycles. The number of phenols is 1. The minimum Gasteiger partial charge on any atom is -0.506 e. The van der Waals surface area contributed by atoms with Crippen LogP contribution in [0.25, 0.3) is 0 Å². The van der Waals surface area contributed by atoms with Crippen LogP contribution in [0.3, 0.4) is 0 Å². The molecule has 1 aliphatic carbocycles. The zero-order chi connectivity index (χ0) is 19.8. The zero-order valence-corrected chi connectivity index (χ0v) is 16.2. The smallest absolute Gasteiger partial charge is 0.233 e. The van der Waals surface area contributed by atoms with Gasteiger partial charge in [-0.05, 0) is 36.0 Å². The predicted molar refractivity (Wildman–Crippen MR) is 102 cm³/mol. The molecule has 146 valence electrons. The lowest BCUT2D eigenvalue weighted by atomic mass is 9.81. The Morgan fingerprint density at radius 3 is 2.30 bits per heavy atom. The Balaban J connectivity index is 1.62. The second kappa shape index (κ2) is 7.33. The Kier molecular flexibility index (Phi) is 5.27. The van der Waals surface area contributed by atoms with Crippen LogP contribution in [-0.4, -0.2) is 34.3 Å². The van der Waals surface area contributed by atoms with Crippen LogP contribution in [0.15, 0.2) is 18.2 Å². The van der Waals surface area contributed by atoms with Gasteiger partial charge in [0.2, 0.25) is 17.7 Å². The molecule has 6 nitrogen and oxygen atoms in total. The minimum absolute atomic E-state index is 0.00399. The van der Waals surface area contributed by atoms with Crippen molar-refractivity contribution < 1.29 is 19.5 Å². The summed E-state index contributed by atoms with van der Waals surface area (Å²) >= 11 is 0. The van der Waals surface area contributed by atoms with E-state index in [1.54, 1.807) is 12.1 Å². The van der Waals surface area contributed by atoms with Crippen molar-refractivity contribution >= 4 is 23.4 Å². The van der Waals surface area contributed by atoms with Crippen molar-refractivity contribution in [3.8, 4) is 5.75 Å². The van der Waals surface area contributed by atoms with Gasteiger partial charge in [0, 0.05) is 13.0 Å². The molecule has 1 aromatic rings. The van der Waals surface area contributed by atoms with Crippen molar-refractivity contribution in [2.24, 2.45) is 11.8 Å². The highest BCUT2D eigenvalue weighted by Gasteiger charge is 2.47. The van der Waals surface area contributed by atoms with Gasteiger partial charge in [-0.15, -0.1) is 0 Å². The molecule has 2 aliphatic rings. The number of rotatable bonds is 4. The Bertz CT molecular complexity index is 742. The van der Waals surface area contributed by atoms with Crippen LogP contribution in [0, 0.1) is 11.8 Å². The van der Waals surface area contributed by atoms with Gasteiger partial charge in [0.25, 0.3) is 0 Å². The van der Waals surface area contributed by atoms with Crippen molar-refractivity contribution in [2.45, 2.75) is 58.3 Å². The summed E-state index contributed by atoms with van der Waals surface area (Å²) in [6.45, 7) is 6.25. The molecular weight excluding hydrogens is 344 g/mol. The van der Waals surface area contributed by atoms with E-state index in [9.17, 15) is 19.5 Å². The van der Waals surface area contributed by atoms with E-state index < -0.39 is 0 Å². The average molecular weight is 372 g/mol. The van der Waals surface area contributed by atoms with Gasteiger partial charge in [-0.3, -0.25) is 19.3 Å². The predicted octanol–water partition coefficient (Wildman–Crippen LogP) is 3.19. The van der Waals surface area contributed by atoms with Gasteiger partial charge in [-0.25, -0.2) is 0 Å². The number of fused-ring (bicyclic) bond motifs is 1. The Morgan fingerprint density at radius 2 is 1.74 bits per heavy atom. The second-order valence-corrected chi connectivity index (χ2v) is 8.61. The van der Waals surface area contributed by atoms with E-state index >= 15 is 0 Å². The number of imide groups is 1. The van der Waals surface area contributed by atoms with Crippen molar-refractivity contribution in [2.75, 3.05) is 11.9 Å². The van der Waals surface area contributed by atoms with E-state index in [2.05, 4.69) is 26.1 Å². The topological polar surface area (TPSA) is 86.7 Å². The number of benzene rings is 1. The number of carbonyl (C=O) groups is 3. The van der Waals surface area contributed by atoms with Crippen LogP contribution < -0.4 is 5.32 Å². The number of anilines is 1. The molecule has 0 bridgehead atoms. The number of nitrogens with one attached hydrogen (secondary N) is 1. The summed E-state index contributed by atoms with van der Waals surface area (Å²) in [7, 11) is 0. The molecule has 1 heterocycles. The standard InChI is InChI=1S/C21H28N2O4/c1-21(2,3)13-8-9-17(24)16(12-13)22-18(25)10-11-23-19(26)14-6-4-5-7-15(14)20(23)27/h8-9,12,14-15,24H,4-7,10-11H2,1-3H3,(H,22,25). The molecule has 2 N–H and O–H groups in total. The molecule has 1 aliphatic heterocycles. The van der Waals surface area contributed by atoms with Crippen LogP contribution in [0.2, 0.25) is 0 Å². The summed E-state index contributed by atoms with van der Waals surface area (Å²) in [5.41, 5.74) is 1.22. The first-order chi connectivity index (χ1) is 12.7.